The van der Waals surface area contributed by atoms with E-state index in [2.05, 4.69) is 20.7 Å². The highest BCUT2D eigenvalue weighted by atomic mass is 16.4. The predicted octanol–water partition coefficient (Wildman–Crippen LogP) is 3.17. The van der Waals surface area contributed by atoms with Crippen molar-refractivity contribution in [2.75, 3.05) is 10.7 Å². The molecule has 1 amide bonds. The van der Waals surface area contributed by atoms with Crippen LogP contribution >= 0.6 is 0 Å². The topological polar surface area (TPSA) is 105 Å². The van der Waals surface area contributed by atoms with Crippen molar-refractivity contribution in [3.05, 3.63) is 75.9 Å². The minimum Gasteiger partial charge on any atom is -0.406 e. The SMILES string of the molecule is CC(=O)N1Cc2ccc(Nc3ncc(C)c(Nn4c(=O)oc5ccccc54)n3)cc2C1. The number of aromatic nitrogens is 3. The standard InChI is InChI=1S/C22H20N6O3/c1-13-10-23-21(24-17-8-7-15-11-27(14(2)29)12-16(15)9-17)25-20(13)26-28-18-5-3-4-6-19(18)31-22(28)30/h3-10H,11-12H2,1-2H3,(H2,23,24,25,26). The minimum atomic E-state index is -0.526. The maximum atomic E-state index is 12.3. The Morgan fingerprint density at radius 2 is 1.94 bits per heavy atom. The lowest BCUT2D eigenvalue weighted by Gasteiger charge is -2.12. The summed E-state index contributed by atoms with van der Waals surface area (Å²) >= 11 is 0. The molecule has 0 spiro atoms. The van der Waals surface area contributed by atoms with Crippen LogP contribution in [0.5, 0.6) is 0 Å². The number of para-hydroxylation sites is 2. The summed E-state index contributed by atoms with van der Waals surface area (Å²) in [4.78, 5) is 34.6. The molecule has 9 heteroatoms. The zero-order valence-electron chi connectivity index (χ0n) is 17.0. The monoisotopic (exact) mass is 416 g/mol. The molecule has 5 rings (SSSR count). The van der Waals surface area contributed by atoms with E-state index in [-0.39, 0.29) is 5.91 Å². The van der Waals surface area contributed by atoms with Crippen molar-refractivity contribution < 1.29 is 9.21 Å². The fourth-order valence-corrected chi connectivity index (χ4v) is 3.62. The van der Waals surface area contributed by atoms with Crippen LogP contribution in [0.2, 0.25) is 0 Å². The zero-order valence-corrected chi connectivity index (χ0v) is 17.0. The van der Waals surface area contributed by atoms with Crippen molar-refractivity contribution in [3.63, 3.8) is 0 Å². The van der Waals surface area contributed by atoms with E-state index in [0.717, 1.165) is 22.4 Å². The highest BCUT2D eigenvalue weighted by Crippen LogP contribution is 2.27. The van der Waals surface area contributed by atoms with E-state index >= 15 is 0 Å². The number of anilines is 3. The molecule has 0 aliphatic carbocycles. The largest absolute Gasteiger partial charge is 0.439 e. The second kappa shape index (κ2) is 7.28. The molecule has 2 N–H and O–H groups in total. The lowest BCUT2D eigenvalue weighted by molar-refractivity contribution is -0.129. The van der Waals surface area contributed by atoms with Gasteiger partial charge in [0, 0.05) is 37.5 Å². The third kappa shape index (κ3) is 3.50. The molecule has 0 saturated carbocycles. The maximum Gasteiger partial charge on any atom is 0.439 e. The van der Waals surface area contributed by atoms with E-state index in [1.807, 2.05) is 31.2 Å². The first-order chi connectivity index (χ1) is 15.0. The van der Waals surface area contributed by atoms with Gasteiger partial charge in [0.05, 0.1) is 0 Å². The molecule has 2 aromatic carbocycles. The summed E-state index contributed by atoms with van der Waals surface area (Å²) in [5, 5.41) is 3.20. The summed E-state index contributed by atoms with van der Waals surface area (Å²) in [5.41, 5.74) is 7.97. The van der Waals surface area contributed by atoms with Crippen LogP contribution in [0.3, 0.4) is 0 Å². The van der Waals surface area contributed by atoms with E-state index < -0.39 is 5.76 Å². The molecule has 1 aliphatic heterocycles. The van der Waals surface area contributed by atoms with Gasteiger partial charge in [0.2, 0.25) is 11.9 Å². The Balaban J connectivity index is 1.41. The quantitative estimate of drug-likeness (QED) is 0.526. The van der Waals surface area contributed by atoms with Crippen molar-refractivity contribution in [3.8, 4) is 0 Å². The number of rotatable bonds is 4. The number of benzene rings is 2. The predicted molar refractivity (Wildman–Crippen MR) is 116 cm³/mol. The van der Waals surface area contributed by atoms with Crippen molar-refractivity contribution >= 4 is 34.5 Å². The average Bonchev–Trinajstić information content (AvgIpc) is 3.31. The molecule has 4 aromatic rings. The summed E-state index contributed by atoms with van der Waals surface area (Å²) in [6.45, 7) is 4.66. The third-order valence-electron chi connectivity index (χ3n) is 5.31. The second-order valence-corrected chi connectivity index (χ2v) is 7.49. The second-order valence-electron chi connectivity index (χ2n) is 7.49. The molecule has 0 radical (unpaired) electrons. The number of nitrogens with one attached hydrogen (secondary N) is 2. The Labute approximate surface area is 177 Å². The molecule has 0 fully saturated rings. The van der Waals surface area contributed by atoms with E-state index in [1.54, 1.807) is 36.2 Å². The minimum absolute atomic E-state index is 0.0605. The number of nitrogens with zero attached hydrogens (tertiary/aromatic N) is 4. The number of oxazole rings is 1. The van der Waals surface area contributed by atoms with E-state index in [0.29, 0.717) is 36.0 Å². The first-order valence-corrected chi connectivity index (χ1v) is 9.83. The summed E-state index contributed by atoms with van der Waals surface area (Å²) in [6.07, 6.45) is 1.68. The molecule has 1 aliphatic rings. The fourth-order valence-electron chi connectivity index (χ4n) is 3.62. The van der Waals surface area contributed by atoms with Gasteiger partial charge in [0.1, 0.15) is 5.52 Å². The number of amides is 1. The smallest absolute Gasteiger partial charge is 0.406 e. The Bertz CT molecular complexity index is 1370. The molecule has 0 bridgehead atoms. The highest BCUT2D eigenvalue weighted by Gasteiger charge is 2.21. The summed E-state index contributed by atoms with van der Waals surface area (Å²) in [5.74, 6) is 0.401. The summed E-state index contributed by atoms with van der Waals surface area (Å²) in [7, 11) is 0. The number of hydrogen-bond donors (Lipinski definition) is 2. The van der Waals surface area contributed by atoms with E-state index in [4.69, 9.17) is 4.42 Å². The molecule has 0 unspecified atom stereocenters. The van der Waals surface area contributed by atoms with Crippen molar-refractivity contribution in [1.82, 2.24) is 19.5 Å². The van der Waals surface area contributed by atoms with Gasteiger partial charge in [-0.2, -0.15) is 9.66 Å². The third-order valence-corrected chi connectivity index (χ3v) is 5.31. The molecule has 31 heavy (non-hydrogen) atoms. The number of hydrogen-bond acceptors (Lipinski definition) is 7. The average molecular weight is 416 g/mol. The van der Waals surface area contributed by atoms with Crippen molar-refractivity contribution in [1.29, 1.82) is 0 Å². The molecular formula is C22H20N6O3. The number of carbonyl (C=O) groups is 1. The van der Waals surface area contributed by atoms with Crippen LogP contribution in [0.1, 0.15) is 23.6 Å². The van der Waals surface area contributed by atoms with Crippen LogP contribution in [-0.2, 0) is 17.9 Å². The van der Waals surface area contributed by atoms with Gasteiger partial charge in [-0.3, -0.25) is 10.2 Å². The fraction of sp³-hybridized carbons (Fsp3) is 0.182. The molecule has 156 valence electrons. The van der Waals surface area contributed by atoms with Gasteiger partial charge >= 0.3 is 5.76 Å². The number of carbonyl (C=O) groups excluding carboxylic acids is 1. The Hall–Kier alpha value is -4.14. The van der Waals surface area contributed by atoms with Crippen LogP contribution in [0.15, 0.2) is 57.9 Å². The molecular weight excluding hydrogens is 396 g/mol. The lowest BCUT2D eigenvalue weighted by Crippen LogP contribution is -2.23. The van der Waals surface area contributed by atoms with Crippen LogP contribution in [-0.4, -0.2) is 25.5 Å². The maximum absolute atomic E-state index is 12.3. The molecule has 3 heterocycles. The first kappa shape index (κ1) is 18.9. The Morgan fingerprint density at radius 3 is 2.77 bits per heavy atom. The number of aryl methyl sites for hydroxylation is 1. The number of fused-ring (bicyclic) bond motifs is 2. The van der Waals surface area contributed by atoms with Crippen LogP contribution < -0.4 is 16.5 Å². The lowest BCUT2D eigenvalue weighted by atomic mass is 10.1. The van der Waals surface area contributed by atoms with Gasteiger partial charge in [-0.25, -0.2) is 9.78 Å². The van der Waals surface area contributed by atoms with Crippen molar-refractivity contribution in [2.24, 2.45) is 0 Å². The van der Waals surface area contributed by atoms with Crippen LogP contribution in [0, 0.1) is 6.92 Å². The molecule has 0 atom stereocenters. The normalized spacial score (nSPS) is 12.8. The first-order valence-electron chi connectivity index (χ1n) is 9.83. The summed E-state index contributed by atoms with van der Waals surface area (Å²) in [6, 6.07) is 13.1. The highest BCUT2D eigenvalue weighted by molar-refractivity contribution is 5.75. The molecule has 9 nitrogen and oxygen atoms in total. The van der Waals surface area contributed by atoms with Crippen LogP contribution in [0.25, 0.3) is 11.1 Å². The van der Waals surface area contributed by atoms with Gasteiger partial charge < -0.3 is 14.6 Å². The van der Waals surface area contributed by atoms with Gasteiger partial charge in [-0.05, 0) is 42.3 Å². The summed E-state index contributed by atoms with van der Waals surface area (Å²) < 4.78 is 6.58. The Kier molecular flexibility index (Phi) is 4.43. The Morgan fingerprint density at radius 1 is 1.13 bits per heavy atom. The molecule has 2 aromatic heterocycles. The van der Waals surface area contributed by atoms with Gasteiger partial charge in [0.25, 0.3) is 0 Å². The van der Waals surface area contributed by atoms with Gasteiger partial charge in [-0.15, -0.1) is 0 Å². The van der Waals surface area contributed by atoms with E-state index in [1.165, 1.54) is 4.68 Å². The molecule has 0 saturated heterocycles. The van der Waals surface area contributed by atoms with Crippen LogP contribution in [0.4, 0.5) is 17.5 Å². The van der Waals surface area contributed by atoms with Gasteiger partial charge in [-0.1, -0.05) is 18.2 Å². The van der Waals surface area contributed by atoms with Crippen molar-refractivity contribution in [2.45, 2.75) is 26.9 Å². The van der Waals surface area contributed by atoms with E-state index in [9.17, 15) is 9.59 Å². The van der Waals surface area contributed by atoms with Gasteiger partial charge in [0.15, 0.2) is 11.4 Å². The zero-order chi connectivity index (χ0) is 21.5.